The quantitative estimate of drug-likeness (QED) is 0.0555. The number of thiophene rings is 1. The Bertz CT molecular complexity index is 2260. The molecule has 2 atom stereocenters. The molecule has 2 aliphatic carbocycles. The second-order valence-corrected chi connectivity index (χ2v) is 24.5. The third kappa shape index (κ3) is 10.5. The minimum atomic E-state index is -2.29. The van der Waals surface area contributed by atoms with Gasteiger partial charge < -0.3 is 44.4 Å². The number of amides is 1. The second kappa shape index (κ2) is 19.8. The number of aliphatic hydroxyl groups is 1. The first-order valence-electron chi connectivity index (χ1n) is 21.6. The summed E-state index contributed by atoms with van der Waals surface area (Å²) in [6.07, 6.45) is 5.90. The number of carbonyl (C=O) groups excluding carboxylic acids is 1. The van der Waals surface area contributed by atoms with E-state index < -0.39 is 32.1 Å². The number of aromatic nitrogens is 1. The molecule has 16 heteroatoms. The Morgan fingerprint density at radius 1 is 1.05 bits per heavy atom. The van der Waals surface area contributed by atoms with Crippen LogP contribution in [0.15, 0.2) is 52.6 Å². The molecule has 2 fully saturated rings. The SMILES string of the molecule is COc1cc(NC(=O)OCCN(C)C2CCC(c3ccsc3[C@@](O)(C(=O)O)C3CCCC3)CC2)c(Cl)cc1CNC[C@H](O[Si](C)(C)C(C)(C)C)c1ccc(O)c2[nH]c(=O)ccc12. The van der Waals surface area contributed by atoms with Crippen molar-refractivity contribution < 1.29 is 38.8 Å². The number of likely N-dealkylation sites (N-methyl/N-ethyl adjacent to an activating group) is 1. The van der Waals surface area contributed by atoms with Gasteiger partial charge in [0.25, 0.3) is 0 Å². The van der Waals surface area contributed by atoms with Crippen LogP contribution in [0.1, 0.15) is 106 Å². The summed E-state index contributed by atoms with van der Waals surface area (Å²) in [7, 11) is 1.29. The molecule has 0 unspecified atom stereocenters. The number of rotatable bonds is 17. The number of hydrogen-bond donors (Lipinski definition) is 6. The Labute approximate surface area is 374 Å². The zero-order valence-electron chi connectivity index (χ0n) is 36.9. The molecule has 1 amide bonds. The van der Waals surface area contributed by atoms with Gasteiger partial charge in [-0.2, -0.15) is 0 Å². The Morgan fingerprint density at radius 2 is 1.76 bits per heavy atom. The van der Waals surface area contributed by atoms with E-state index in [4.69, 9.17) is 25.5 Å². The van der Waals surface area contributed by atoms with Crippen LogP contribution in [0.5, 0.6) is 11.5 Å². The van der Waals surface area contributed by atoms with Gasteiger partial charge in [0.2, 0.25) is 5.56 Å². The number of aliphatic carboxylic acids is 1. The summed E-state index contributed by atoms with van der Waals surface area (Å²) in [6, 6.07) is 12.3. The molecular formula is C46H63ClN4O9SSi. The van der Waals surface area contributed by atoms with Crippen LogP contribution in [-0.4, -0.2) is 85.5 Å². The summed E-state index contributed by atoms with van der Waals surface area (Å²) in [6.45, 7) is 12.4. The first kappa shape index (κ1) is 47.5. The zero-order chi connectivity index (χ0) is 45.0. The smallest absolute Gasteiger partial charge is 0.411 e. The number of methoxy groups -OCH3 is 1. The van der Waals surface area contributed by atoms with Crippen LogP contribution in [0.25, 0.3) is 10.9 Å². The van der Waals surface area contributed by atoms with Crippen molar-refractivity contribution in [2.24, 2.45) is 5.92 Å². The number of carboxylic acids is 1. The summed E-state index contributed by atoms with van der Waals surface area (Å²) in [5, 5.41) is 41.4. The normalized spacial score (nSPS) is 19.1. The zero-order valence-corrected chi connectivity index (χ0v) is 39.5. The molecule has 2 aromatic carbocycles. The number of carboxylic acid groups (broad SMARTS) is 1. The summed E-state index contributed by atoms with van der Waals surface area (Å²) < 4.78 is 18.2. The average Bonchev–Trinajstić information content (AvgIpc) is 3.95. The van der Waals surface area contributed by atoms with Gasteiger partial charge in [-0.3, -0.25) is 10.1 Å². The second-order valence-electron chi connectivity index (χ2n) is 18.4. The molecule has 4 aromatic rings. The Hall–Kier alpha value is -3.96. The van der Waals surface area contributed by atoms with E-state index in [1.807, 2.05) is 24.6 Å². The number of pyridine rings is 1. The van der Waals surface area contributed by atoms with Crippen molar-refractivity contribution in [3.63, 3.8) is 0 Å². The molecule has 62 heavy (non-hydrogen) atoms. The van der Waals surface area contributed by atoms with E-state index in [0.717, 1.165) is 68.1 Å². The van der Waals surface area contributed by atoms with Gasteiger partial charge in [0.05, 0.1) is 34.3 Å². The lowest BCUT2D eigenvalue weighted by atomic mass is 9.76. The van der Waals surface area contributed by atoms with Crippen molar-refractivity contribution >= 4 is 59.9 Å². The number of nitrogens with zero attached hydrogens (tertiary/aromatic N) is 1. The number of halogens is 1. The summed E-state index contributed by atoms with van der Waals surface area (Å²) in [5.74, 6) is -0.709. The first-order valence-corrected chi connectivity index (χ1v) is 25.8. The van der Waals surface area contributed by atoms with Crippen molar-refractivity contribution in [1.82, 2.24) is 15.2 Å². The van der Waals surface area contributed by atoms with Crippen LogP contribution in [-0.2, 0) is 26.1 Å². The third-order valence-corrected chi connectivity index (χ3v) is 19.4. The largest absolute Gasteiger partial charge is 0.506 e. The lowest BCUT2D eigenvalue weighted by molar-refractivity contribution is -0.166. The van der Waals surface area contributed by atoms with Crippen molar-refractivity contribution in [3.8, 4) is 11.5 Å². The average molecular weight is 912 g/mol. The van der Waals surface area contributed by atoms with E-state index in [-0.39, 0.29) is 40.8 Å². The molecule has 338 valence electrons. The van der Waals surface area contributed by atoms with Crippen LogP contribution in [0.2, 0.25) is 23.2 Å². The fourth-order valence-electron chi connectivity index (χ4n) is 8.83. The maximum atomic E-state index is 13.0. The number of anilines is 1. The van der Waals surface area contributed by atoms with Crippen molar-refractivity contribution in [1.29, 1.82) is 0 Å². The number of phenols is 1. The number of benzene rings is 2. The molecule has 0 saturated heterocycles. The molecule has 2 heterocycles. The standard InChI is InChI=1S/C46H63ClN4O9SSi/c1-45(2,3)62(6,7)60-39(33-16-18-37(52)41-34(33)17-19-40(53)50-41)27-48-26-29-24-35(47)36(25-38(29)58-5)49-44(56)59-22-21-51(4)31-14-12-28(13-15-31)32-20-23-61-42(32)46(57,43(54)55)30-10-8-9-11-30/h16-20,23-25,28,30-31,39,48,52,57H,8-15,21-22,26-27H2,1-7H3,(H,49,56)(H,50,53)(H,54,55)/t28?,31?,39-,46+/m0/s1. The van der Waals surface area contributed by atoms with Crippen LogP contribution in [0.3, 0.4) is 0 Å². The fourth-order valence-corrected chi connectivity index (χ4v) is 11.5. The predicted octanol–water partition coefficient (Wildman–Crippen LogP) is 9.48. The fraction of sp³-hybridized carbons (Fsp3) is 0.543. The molecule has 2 aliphatic rings. The monoisotopic (exact) mass is 910 g/mol. The van der Waals surface area contributed by atoms with Crippen molar-refractivity contribution in [2.45, 2.75) is 120 Å². The minimum Gasteiger partial charge on any atom is -0.506 e. The Balaban J connectivity index is 1.02. The molecule has 0 aliphatic heterocycles. The number of nitrogens with one attached hydrogen (secondary N) is 3. The highest BCUT2D eigenvalue weighted by molar-refractivity contribution is 7.10. The number of phenolic OH excluding ortho intramolecular Hbond substituents is 1. The van der Waals surface area contributed by atoms with Crippen LogP contribution >= 0.6 is 22.9 Å². The van der Waals surface area contributed by atoms with E-state index in [2.05, 4.69) is 54.4 Å². The van der Waals surface area contributed by atoms with Crippen molar-refractivity contribution in [3.05, 3.63) is 84.8 Å². The lowest BCUT2D eigenvalue weighted by Gasteiger charge is -2.39. The van der Waals surface area contributed by atoms with Gasteiger partial charge in [0.1, 0.15) is 18.1 Å². The number of aromatic amines is 1. The van der Waals surface area contributed by atoms with Gasteiger partial charge >= 0.3 is 12.1 Å². The minimum absolute atomic E-state index is 0.0147. The predicted molar refractivity (Wildman–Crippen MR) is 247 cm³/mol. The molecule has 0 bridgehead atoms. The molecule has 6 rings (SSSR count). The maximum absolute atomic E-state index is 13.0. The molecule has 0 radical (unpaired) electrons. The van der Waals surface area contributed by atoms with Gasteiger partial charge in [-0.15, -0.1) is 11.3 Å². The van der Waals surface area contributed by atoms with E-state index in [1.54, 1.807) is 31.4 Å². The summed E-state index contributed by atoms with van der Waals surface area (Å²) >= 11 is 8.08. The highest BCUT2D eigenvalue weighted by Gasteiger charge is 2.49. The molecule has 2 saturated carbocycles. The van der Waals surface area contributed by atoms with Gasteiger partial charge in [0.15, 0.2) is 13.9 Å². The van der Waals surface area contributed by atoms with E-state index in [1.165, 1.54) is 17.4 Å². The van der Waals surface area contributed by atoms with Gasteiger partial charge in [0, 0.05) is 54.7 Å². The van der Waals surface area contributed by atoms with Crippen LogP contribution < -0.4 is 20.9 Å². The topological polar surface area (TPSA) is 183 Å². The van der Waals surface area contributed by atoms with Gasteiger partial charge in [-0.05, 0) is 110 Å². The molecule has 6 N–H and O–H groups in total. The number of hydrogen-bond acceptors (Lipinski definition) is 11. The maximum Gasteiger partial charge on any atom is 0.411 e. The highest BCUT2D eigenvalue weighted by atomic mass is 35.5. The Kier molecular flexibility index (Phi) is 15.2. The third-order valence-electron chi connectivity index (χ3n) is 13.5. The summed E-state index contributed by atoms with van der Waals surface area (Å²) in [4.78, 5) is 43.1. The number of carbonyl (C=O) groups is 2. The number of ether oxygens (including phenoxy) is 2. The number of aromatic hydroxyl groups is 1. The van der Waals surface area contributed by atoms with Crippen molar-refractivity contribution in [2.75, 3.05) is 39.2 Å². The lowest BCUT2D eigenvalue weighted by Crippen LogP contribution is -2.43. The van der Waals surface area contributed by atoms with Crippen LogP contribution in [0.4, 0.5) is 10.5 Å². The molecule has 0 spiro atoms. The molecule has 13 nitrogen and oxygen atoms in total. The summed E-state index contributed by atoms with van der Waals surface area (Å²) in [5.41, 5.74) is 1.15. The first-order chi connectivity index (χ1) is 29.3. The molecule has 2 aromatic heterocycles. The number of H-pyrrole nitrogens is 1. The highest BCUT2D eigenvalue weighted by Crippen LogP contribution is 2.48. The van der Waals surface area contributed by atoms with Gasteiger partial charge in [-0.25, -0.2) is 9.59 Å². The van der Waals surface area contributed by atoms with E-state index >= 15 is 0 Å². The van der Waals surface area contributed by atoms with E-state index in [9.17, 15) is 29.7 Å². The van der Waals surface area contributed by atoms with E-state index in [0.29, 0.717) is 51.9 Å². The molecular weight excluding hydrogens is 848 g/mol. The number of fused-ring (bicyclic) bond motifs is 1. The van der Waals surface area contributed by atoms with Crippen LogP contribution in [0, 0.1) is 5.92 Å². The van der Waals surface area contributed by atoms with Gasteiger partial charge in [-0.1, -0.05) is 51.3 Å². The Morgan fingerprint density at radius 3 is 2.42 bits per heavy atom.